The molecule has 2 aromatic carbocycles. The van der Waals surface area contributed by atoms with E-state index in [0.29, 0.717) is 25.3 Å². The Morgan fingerprint density at radius 3 is 2.36 bits per heavy atom. The van der Waals surface area contributed by atoms with Gasteiger partial charge in [0.1, 0.15) is 12.4 Å². The zero-order valence-electron chi connectivity index (χ0n) is 16.9. The summed E-state index contributed by atoms with van der Waals surface area (Å²) in [6, 6.07) is 15.6. The Kier molecular flexibility index (Phi) is 6.37. The molecule has 1 amide bonds. The van der Waals surface area contributed by atoms with E-state index in [1.165, 1.54) is 5.56 Å². The second kappa shape index (κ2) is 8.76. The molecule has 5 nitrogen and oxygen atoms in total. The number of hydrogen-bond acceptors (Lipinski definition) is 4. The van der Waals surface area contributed by atoms with Crippen LogP contribution in [0.5, 0.6) is 5.75 Å². The molecule has 0 spiro atoms. The van der Waals surface area contributed by atoms with Crippen LogP contribution in [0.2, 0.25) is 0 Å². The Bertz CT molecular complexity index is 779. The molecule has 0 aliphatic carbocycles. The molecule has 28 heavy (non-hydrogen) atoms. The molecule has 1 fully saturated rings. The van der Waals surface area contributed by atoms with Crippen LogP contribution in [0.15, 0.2) is 48.5 Å². The van der Waals surface area contributed by atoms with Crippen LogP contribution < -0.4 is 15.4 Å². The lowest BCUT2D eigenvalue weighted by molar-refractivity contribution is 0.0927. The number of hydrogen-bond donors (Lipinski definition) is 3. The number of nitrogens with one attached hydrogen (secondary N) is 2. The third-order valence-electron chi connectivity index (χ3n) is 5.17. The summed E-state index contributed by atoms with van der Waals surface area (Å²) in [5, 5.41) is 15.8. The van der Waals surface area contributed by atoms with Crippen molar-refractivity contribution in [3.63, 3.8) is 0 Å². The molecule has 5 heteroatoms. The average Bonchev–Trinajstić information content (AvgIpc) is 3.09. The minimum absolute atomic E-state index is 0.0706. The molecule has 2 aromatic rings. The fourth-order valence-corrected chi connectivity index (χ4v) is 3.22. The molecule has 1 saturated heterocycles. The van der Waals surface area contributed by atoms with Crippen LogP contribution in [0, 0.1) is 5.92 Å². The smallest absolute Gasteiger partial charge is 0.251 e. The molecule has 1 aliphatic heterocycles. The van der Waals surface area contributed by atoms with Gasteiger partial charge < -0.3 is 20.5 Å². The fourth-order valence-electron chi connectivity index (χ4n) is 3.22. The van der Waals surface area contributed by atoms with Crippen molar-refractivity contribution in [3.8, 4) is 5.75 Å². The van der Waals surface area contributed by atoms with Crippen molar-refractivity contribution in [2.75, 3.05) is 19.6 Å². The molecule has 2 atom stereocenters. The van der Waals surface area contributed by atoms with Gasteiger partial charge >= 0.3 is 0 Å². The van der Waals surface area contributed by atoms with Crippen LogP contribution in [-0.2, 0) is 12.0 Å². The van der Waals surface area contributed by atoms with Gasteiger partial charge in [-0.1, -0.05) is 45.0 Å². The van der Waals surface area contributed by atoms with Gasteiger partial charge in [-0.25, -0.2) is 0 Å². The van der Waals surface area contributed by atoms with Gasteiger partial charge in [-0.3, -0.25) is 4.79 Å². The maximum absolute atomic E-state index is 12.3. The normalized spacial score (nSPS) is 19.4. The first-order valence-electron chi connectivity index (χ1n) is 9.82. The molecule has 1 aliphatic rings. The third kappa shape index (κ3) is 5.33. The topological polar surface area (TPSA) is 70.6 Å². The van der Waals surface area contributed by atoms with Gasteiger partial charge in [0.25, 0.3) is 5.91 Å². The Morgan fingerprint density at radius 1 is 1.11 bits per heavy atom. The zero-order chi connectivity index (χ0) is 20.1. The SMILES string of the molecule is CC(C)(C)c1ccc(OCc2ccc(C(=O)NCC3CNCC3O)cc2)cc1. The van der Waals surface area contributed by atoms with E-state index in [4.69, 9.17) is 4.74 Å². The minimum atomic E-state index is -0.391. The lowest BCUT2D eigenvalue weighted by Crippen LogP contribution is -2.34. The van der Waals surface area contributed by atoms with Crippen molar-refractivity contribution >= 4 is 5.91 Å². The Labute approximate surface area is 167 Å². The second-order valence-electron chi connectivity index (χ2n) is 8.46. The fraction of sp³-hybridized carbons (Fsp3) is 0.435. The first-order valence-corrected chi connectivity index (χ1v) is 9.82. The highest BCUT2D eigenvalue weighted by atomic mass is 16.5. The number of β-amino-alcohol motifs (C(OH)–C–C–N with tert-alkyl or cyclic N) is 1. The molecule has 0 aromatic heterocycles. The van der Waals surface area contributed by atoms with Crippen molar-refractivity contribution in [2.24, 2.45) is 5.92 Å². The highest BCUT2D eigenvalue weighted by Crippen LogP contribution is 2.24. The highest BCUT2D eigenvalue weighted by molar-refractivity contribution is 5.94. The molecule has 2 unspecified atom stereocenters. The Morgan fingerprint density at radius 2 is 1.79 bits per heavy atom. The number of aliphatic hydroxyl groups is 1. The van der Waals surface area contributed by atoms with Gasteiger partial charge in [0.2, 0.25) is 0 Å². The number of aliphatic hydroxyl groups excluding tert-OH is 1. The van der Waals surface area contributed by atoms with Gasteiger partial charge in [-0.15, -0.1) is 0 Å². The Hall–Kier alpha value is -2.37. The average molecular weight is 383 g/mol. The maximum atomic E-state index is 12.3. The molecule has 0 bridgehead atoms. The number of ether oxygens (including phenoxy) is 1. The lowest BCUT2D eigenvalue weighted by Gasteiger charge is -2.19. The van der Waals surface area contributed by atoms with Gasteiger partial charge in [-0.2, -0.15) is 0 Å². The molecule has 1 heterocycles. The van der Waals surface area contributed by atoms with Gasteiger partial charge in [0, 0.05) is 31.1 Å². The molecule has 3 rings (SSSR count). The molecule has 150 valence electrons. The summed E-state index contributed by atoms with van der Waals surface area (Å²) in [5.74, 6) is 0.782. The summed E-state index contributed by atoms with van der Waals surface area (Å²) in [4.78, 5) is 12.3. The number of carbonyl (C=O) groups is 1. The van der Waals surface area contributed by atoms with Crippen LogP contribution in [-0.4, -0.2) is 36.8 Å². The van der Waals surface area contributed by atoms with E-state index in [-0.39, 0.29) is 17.2 Å². The van der Waals surface area contributed by atoms with Crippen LogP contribution in [0.4, 0.5) is 0 Å². The molecular weight excluding hydrogens is 352 g/mol. The van der Waals surface area contributed by atoms with Crippen LogP contribution >= 0.6 is 0 Å². The van der Waals surface area contributed by atoms with E-state index in [9.17, 15) is 9.90 Å². The molecule has 0 saturated carbocycles. The predicted molar refractivity (Wildman–Crippen MR) is 111 cm³/mol. The number of carbonyl (C=O) groups excluding carboxylic acids is 1. The first kappa shape index (κ1) is 20.4. The van der Waals surface area contributed by atoms with Gasteiger partial charge in [-0.05, 0) is 40.8 Å². The second-order valence-corrected chi connectivity index (χ2v) is 8.46. The molecular formula is C23H30N2O3. The number of rotatable bonds is 6. The van der Waals surface area contributed by atoms with Gasteiger partial charge in [0.15, 0.2) is 0 Å². The summed E-state index contributed by atoms with van der Waals surface area (Å²) in [6.45, 7) is 8.82. The van der Waals surface area contributed by atoms with Crippen molar-refractivity contribution in [1.82, 2.24) is 10.6 Å². The molecule has 0 radical (unpaired) electrons. The van der Waals surface area contributed by atoms with E-state index in [1.54, 1.807) is 12.1 Å². The van der Waals surface area contributed by atoms with Crippen molar-refractivity contribution in [1.29, 1.82) is 0 Å². The summed E-state index contributed by atoms with van der Waals surface area (Å²) in [5.41, 5.74) is 3.02. The van der Waals surface area contributed by atoms with Crippen LogP contribution in [0.3, 0.4) is 0 Å². The molecule has 3 N–H and O–H groups in total. The van der Waals surface area contributed by atoms with E-state index in [1.807, 2.05) is 24.3 Å². The standard InChI is InChI=1S/C23H30N2O3/c1-23(2,3)19-8-10-20(11-9-19)28-15-16-4-6-17(7-5-16)22(27)25-13-18-12-24-14-21(18)26/h4-11,18,21,24,26H,12-15H2,1-3H3,(H,25,27). The lowest BCUT2D eigenvalue weighted by atomic mass is 9.87. The predicted octanol–water partition coefficient (Wildman–Crippen LogP) is 2.87. The van der Waals surface area contributed by atoms with E-state index >= 15 is 0 Å². The van der Waals surface area contributed by atoms with Crippen molar-refractivity contribution < 1.29 is 14.6 Å². The van der Waals surface area contributed by atoms with Crippen molar-refractivity contribution in [3.05, 3.63) is 65.2 Å². The maximum Gasteiger partial charge on any atom is 0.251 e. The summed E-state index contributed by atoms with van der Waals surface area (Å²) >= 11 is 0. The zero-order valence-corrected chi connectivity index (χ0v) is 16.9. The van der Waals surface area contributed by atoms with E-state index in [0.717, 1.165) is 17.9 Å². The van der Waals surface area contributed by atoms with Gasteiger partial charge in [0.05, 0.1) is 6.10 Å². The third-order valence-corrected chi connectivity index (χ3v) is 5.17. The number of benzene rings is 2. The summed E-state index contributed by atoms with van der Waals surface area (Å²) in [7, 11) is 0. The van der Waals surface area contributed by atoms with Crippen LogP contribution in [0.1, 0.15) is 42.3 Å². The number of amides is 1. The largest absolute Gasteiger partial charge is 0.489 e. The summed E-state index contributed by atoms with van der Waals surface area (Å²) in [6.07, 6.45) is -0.391. The van der Waals surface area contributed by atoms with Crippen molar-refractivity contribution in [2.45, 2.75) is 38.9 Å². The first-order chi connectivity index (χ1) is 13.3. The quantitative estimate of drug-likeness (QED) is 0.719. The van der Waals surface area contributed by atoms with E-state index < -0.39 is 6.10 Å². The summed E-state index contributed by atoms with van der Waals surface area (Å²) < 4.78 is 5.85. The van der Waals surface area contributed by atoms with E-state index in [2.05, 4.69) is 43.5 Å². The highest BCUT2D eigenvalue weighted by Gasteiger charge is 2.25. The van der Waals surface area contributed by atoms with Crippen LogP contribution in [0.25, 0.3) is 0 Å². The monoisotopic (exact) mass is 382 g/mol. The Balaban J connectivity index is 1.49. The minimum Gasteiger partial charge on any atom is -0.489 e.